The van der Waals surface area contributed by atoms with Crippen molar-refractivity contribution in [3.05, 3.63) is 42.1 Å². The number of aliphatic carboxylic acids is 1. The van der Waals surface area contributed by atoms with Crippen LogP contribution in [0.15, 0.2) is 36.5 Å². The van der Waals surface area contributed by atoms with Gasteiger partial charge in [-0.15, -0.1) is 0 Å². The van der Waals surface area contributed by atoms with Crippen LogP contribution in [0.4, 0.5) is 0 Å². The van der Waals surface area contributed by atoms with Gasteiger partial charge >= 0.3 is 5.97 Å². The molecule has 5 nitrogen and oxygen atoms in total. The molecule has 1 N–H and O–H groups in total. The zero-order valence-electron chi connectivity index (χ0n) is 11.7. The van der Waals surface area contributed by atoms with Gasteiger partial charge in [-0.2, -0.15) is 0 Å². The first-order valence-electron chi connectivity index (χ1n) is 6.97. The second-order valence-electron chi connectivity index (χ2n) is 5.42. The normalized spacial score (nSPS) is 21.7. The van der Waals surface area contributed by atoms with Gasteiger partial charge in [0.1, 0.15) is 6.04 Å². The number of nitrogens with zero attached hydrogens (tertiary/aromatic N) is 2. The lowest BCUT2D eigenvalue weighted by atomic mass is 10.0. The molecule has 2 aromatic rings. The minimum Gasteiger partial charge on any atom is -0.480 e. The average Bonchev–Trinajstić information content (AvgIpc) is 2.88. The molecule has 1 aliphatic heterocycles. The van der Waals surface area contributed by atoms with Crippen molar-refractivity contribution < 1.29 is 14.7 Å². The summed E-state index contributed by atoms with van der Waals surface area (Å²) in [6, 6.07) is 8.30. The zero-order chi connectivity index (χ0) is 15.0. The first-order chi connectivity index (χ1) is 10.1. The number of likely N-dealkylation sites (tertiary alicyclic amines) is 1. The fraction of sp³-hybridized carbons (Fsp3) is 0.312. The van der Waals surface area contributed by atoms with Gasteiger partial charge in [-0.1, -0.05) is 25.1 Å². The number of hydrogen-bond acceptors (Lipinski definition) is 3. The smallest absolute Gasteiger partial charge is 0.326 e. The van der Waals surface area contributed by atoms with Crippen LogP contribution in [0.5, 0.6) is 0 Å². The Balaban J connectivity index is 2.03. The number of aromatic nitrogens is 1. The van der Waals surface area contributed by atoms with E-state index in [0.29, 0.717) is 18.5 Å². The number of carboxylic acid groups (broad SMARTS) is 1. The largest absolute Gasteiger partial charge is 0.480 e. The fourth-order valence-electron chi connectivity index (χ4n) is 2.99. The van der Waals surface area contributed by atoms with E-state index >= 15 is 0 Å². The zero-order valence-corrected chi connectivity index (χ0v) is 11.7. The molecule has 2 atom stereocenters. The van der Waals surface area contributed by atoms with E-state index in [0.717, 1.165) is 10.9 Å². The molecule has 1 fully saturated rings. The number of amides is 1. The van der Waals surface area contributed by atoms with Crippen LogP contribution in [0.3, 0.4) is 0 Å². The van der Waals surface area contributed by atoms with Gasteiger partial charge in [0.25, 0.3) is 5.91 Å². The molecule has 0 radical (unpaired) electrons. The summed E-state index contributed by atoms with van der Waals surface area (Å²) in [5, 5.41) is 10.1. The Bertz CT molecular complexity index is 708. The standard InChI is InChI=1S/C16H16N2O3/c1-10-7-9-18(14(10)16(20)21)15(19)12-6-8-17-13-5-3-2-4-11(12)13/h2-6,8,10,14H,7,9H2,1H3,(H,20,21). The van der Waals surface area contributed by atoms with E-state index in [1.165, 1.54) is 4.90 Å². The van der Waals surface area contributed by atoms with Gasteiger partial charge in [-0.3, -0.25) is 9.78 Å². The van der Waals surface area contributed by atoms with Gasteiger partial charge in [0, 0.05) is 18.1 Å². The minimum absolute atomic E-state index is 0.0282. The Morgan fingerprint density at radius 3 is 2.81 bits per heavy atom. The Kier molecular flexibility index (Phi) is 3.33. The van der Waals surface area contributed by atoms with E-state index in [-0.39, 0.29) is 11.8 Å². The highest BCUT2D eigenvalue weighted by Crippen LogP contribution is 2.27. The number of pyridine rings is 1. The van der Waals surface area contributed by atoms with Crippen molar-refractivity contribution in [3.8, 4) is 0 Å². The van der Waals surface area contributed by atoms with Crippen LogP contribution in [0.25, 0.3) is 10.9 Å². The second kappa shape index (κ2) is 5.16. The Hall–Kier alpha value is -2.43. The molecule has 1 aromatic heterocycles. The third kappa shape index (κ3) is 2.24. The van der Waals surface area contributed by atoms with E-state index in [2.05, 4.69) is 4.98 Å². The van der Waals surface area contributed by atoms with Gasteiger partial charge in [-0.05, 0) is 24.5 Å². The van der Waals surface area contributed by atoms with Crippen LogP contribution < -0.4 is 0 Å². The average molecular weight is 284 g/mol. The van der Waals surface area contributed by atoms with Gasteiger partial charge in [-0.25, -0.2) is 4.79 Å². The molecule has 5 heteroatoms. The van der Waals surface area contributed by atoms with E-state index < -0.39 is 12.0 Å². The second-order valence-corrected chi connectivity index (χ2v) is 5.42. The Labute approximate surface area is 122 Å². The topological polar surface area (TPSA) is 70.5 Å². The molecule has 1 saturated heterocycles. The van der Waals surface area contributed by atoms with Gasteiger partial charge in [0.15, 0.2) is 0 Å². The molecule has 2 heterocycles. The van der Waals surface area contributed by atoms with Crippen molar-refractivity contribution in [3.63, 3.8) is 0 Å². The van der Waals surface area contributed by atoms with Crippen LogP contribution in [0, 0.1) is 5.92 Å². The lowest BCUT2D eigenvalue weighted by molar-refractivity contribution is -0.142. The minimum atomic E-state index is -0.938. The van der Waals surface area contributed by atoms with Gasteiger partial charge in [0.2, 0.25) is 0 Å². The fourth-order valence-corrected chi connectivity index (χ4v) is 2.99. The maximum Gasteiger partial charge on any atom is 0.326 e. The van der Waals surface area contributed by atoms with Crippen molar-refractivity contribution in [2.24, 2.45) is 5.92 Å². The van der Waals surface area contributed by atoms with Crippen LogP contribution in [0.2, 0.25) is 0 Å². The molecule has 3 rings (SSSR count). The number of fused-ring (bicyclic) bond motifs is 1. The highest BCUT2D eigenvalue weighted by atomic mass is 16.4. The van der Waals surface area contributed by atoms with E-state index in [4.69, 9.17) is 0 Å². The molecule has 2 unspecified atom stereocenters. The molecule has 0 saturated carbocycles. The highest BCUT2D eigenvalue weighted by Gasteiger charge is 2.40. The molecule has 0 spiro atoms. The quantitative estimate of drug-likeness (QED) is 0.917. The Morgan fingerprint density at radius 1 is 1.29 bits per heavy atom. The molecule has 0 aliphatic carbocycles. The van der Waals surface area contributed by atoms with Crippen molar-refractivity contribution in [1.29, 1.82) is 0 Å². The summed E-state index contributed by atoms with van der Waals surface area (Å²) in [6.07, 6.45) is 2.30. The molecule has 1 aromatic carbocycles. The third-order valence-corrected chi connectivity index (χ3v) is 4.09. The summed E-state index contributed by atoms with van der Waals surface area (Å²) in [5.74, 6) is -1.20. The molecule has 21 heavy (non-hydrogen) atoms. The first kappa shape index (κ1) is 13.5. The number of benzene rings is 1. The summed E-state index contributed by atoms with van der Waals surface area (Å²) in [5.41, 5.74) is 1.25. The number of carbonyl (C=O) groups excluding carboxylic acids is 1. The van der Waals surface area contributed by atoms with Crippen molar-refractivity contribution in [2.45, 2.75) is 19.4 Å². The number of rotatable bonds is 2. The molecule has 0 bridgehead atoms. The van der Waals surface area contributed by atoms with Crippen molar-refractivity contribution in [2.75, 3.05) is 6.54 Å². The first-order valence-corrected chi connectivity index (χ1v) is 6.97. The van der Waals surface area contributed by atoms with Crippen LogP contribution in [-0.2, 0) is 4.79 Å². The highest BCUT2D eigenvalue weighted by molar-refractivity contribution is 6.07. The lowest BCUT2D eigenvalue weighted by Gasteiger charge is -2.23. The summed E-state index contributed by atoms with van der Waals surface area (Å²) < 4.78 is 0. The molecule has 1 amide bonds. The molecular formula is C16H16N2O3. The van der Waals surface area contributed by atoms with E-state index in [9.17, 15) is 14.7 Å². The molecule has 1 aliphatic rings. The van der Waals surface area contributed by atoms with E-state index in [1.54, 1.807) is 12.3 Å². The predicted octanol–water partition coefficient (Wildman–Crippen LogP) is 2.17. The van der Waals surface area contributed by atoms with Gasteiger partial charge < -0.3 is 10.0 Å². The van der Waals surface area contributed by atoms with Gasteiger partial charge in [0.05, 0.1) is 11.1 Å². The predicted molar refractivity (Wildman–Crippen MR) is 78.0 cm³/mol. The summed E-state index contributed by atoms with van der Waals surface area (Å²) in [4.78, 5) is 29.9. The molecule has 108 valence electrons. The number of carbonyl (C=O) groups is 2. The maximum atomic E-state index is 12.8. The Morgan fingerprint density at radius 2 is 2.05 bits per heavy atom. The summed E-state index contributed by atoms with van der Waals surface area (Å²) in [7, 11) is 0. The summed E-state index contributed by atoms with van der Waals surface area (Å²) >= 11 is 0. The number of carboxylic acids is 1. The monoisotopic (exact) mass is 284 g/mol. The van der Waals surface area contributed by atoms with Crippen LogP contribution in [0.1, 0.15) is 23.7 Å². The summed E-state index contributed by atoms with van der Waals surface area (Å²) in [6.45, 7) is 2.35. The maximum absolute atomic E-state index is 12.8. The van der Waals surface area contributed by atoms with Crippen LogP contribution in [-0.4, -0.2) is 39.5 Å². The van der Waals surface area contributed by atoms with Crippen molar-refractivity contribution in [1.82, 2.24) is 9.88 Å². The third-order valence-electron chi connectivity index (χ3n) is 4.09. The SMILES string of the molecule is CC1CCN(C(=O)c2ccnc3ccccc23)C1C(=O)O. The van der Waals surface area contributed by atoms with Crippen LogP contribution >= 0.6 is 0 Å². The van der Waals surface area contributed by atoms with Crippen molar-refractivity contribution >= 4 is 22.8 Å². The number of hydrogen-bond donors (Lipinski definition) is 1. The van der Waals surface area contributed by atoms with E-state index in [1.807, 2.05) is 31.2 Å². The lowest BCUT2D eigenvalue weighted by Crippen LogP contribution is -2.42. The molecular weight excluding hydrogens is 268 g/mol. The number of para-hydroxylation sites is 1.